The highest BCUT2D eigenvalue weighted by molar-refractivity contribution is 9.10. The van der Waals surface area contributed by atoms with E-state index in [-0.39, 0.29) is 12.5 Å². The second-order valence-electron chi connectivity index (χ2n) is 4.66. The number of halogens is 2. The van der Waals surface area contributed by atoms with Crippen molar-refractivity contribution in [1.82, 2.24) is 5.43 Å². The van der Waals surface area contributed by atoms with Crippen LogP contribution in [0.15, 0.2) is 52.0 Å². The molecule has 0 fully saturated rings. The molecule has 0 bridgehead atoms. The third-order valence-corrected chi connectivity index (χ3v) is 3.79. The fourth-order valence-corrected chi connectivity index (χ4v) is 2.32. The molecule has 1 N–H and O–H groups in total. The zero-order valence-electron chi connectivity index (χ0n) is 13.0. The third kappa shape index (κ3) is 5.86. The highest BCUT2D eigenvalue weighted by Gasteiger charge is 2.03. The number of ether oxygens (including phenoxy) is 2. The highest BCUT2D eigenvalue weighted by atomic mass is 79.9. The minimum atomic E-state index is -0.372. The number of carbonyl (C=O) groups is 1. The number of hydrogen-bond donors (Lipinski definition) is 1. The van der Waals surface area contributed by atoms with Crippen LogP contribution in [0.25, 0.3) is 0 Å². The van der Waals surface area contributed by atoms with Gasteiger partial charge in [0.25, 0.3) is 5.91 Å². The number of amides is 1. The van der Waals surface area contributed by atoms with Crippen molar-refractivity contribution in [3.63, 3.8) is 0 Å². The summed E-state index contributed by atoms with van der Waals surface area (Å²) in [5, 5.41) is 4.46. The van der Waals surface area contributed by atoms with Crippen molar-refractivity contribution >= 4 is 39.7 Å². The Morgan fingerprint density at radius 2 is 2.04 bits per heavy atom. The summed E-state index contributed by atoms with van der Waals surface area (Å²) in [7, 11) is 0. The molecular formula is C17H16BrClN2O3. The average molecular weight is 412 g/mol. The molecule has 0 atom stereocenters. The lowest BCUT2D eigenvalue weighted by Gasteiger charge is -2.06. The van der Waals surface area contributed by atoms with Gasteiger partial charge in [-0.1, -0.05) is 33.6 Å². The number of hydrogen-bond acceptors (Lipinski definition) is 4. The van der Waals surface area contributed by atoms with E-state index in [1.807, 2.05) is 25.1 Å². The van der Waals surface area contributed by atoms with E-state index in [1.165, 1.54) is 6.21 Å². The molecule has 2 rings (SSSR count). The molecule has 0 aliphatic heterocycles. The van der Waals surface area contributed by atoms with Gasteiger partial charge in [-0.05, 0) is 43.3 Å². The van der Waals surface area contributed by atoms with Gasteiger partial charge in [0.1, 0.15) is 11.5 Å². The Kier molecular flexibility index (Phi) is 7.08. The minimum absolute atomic E-state index is 0.155. The number of carbonyl (C=O) groups excluding carboxylic acids is 1. The number of rotatable bonds is 7. The summed E-state index contributed by atoms with van der Waals surface area (Å²) in [5.74, 6) is 0.884. The third-order valence-electron chi connectivity index (χ3n) is 2.84. The molecule has 0 spiro atoms. The highest BCUT2D eigenvalue weighted by Crippen LogP contribution is 2.21. The van der Waals surface area contributed by atoms with Crippen LogP contribution >= 0.6 is 27.5 Å². The van der Waals surface area contributed by atoms with Crippen molar-refractivity contribution < 1.29 is 14.3 Å². The van der Waals surface area contributed by atoms with Crippen LogP contribution in [0, 0.1) is 0 Å². The lowest BCUT2D eigenvalue weighted by molar-refractivity contribution is -0.123. The standard InChI is InChI=1S/C17H16BrClN2O3/c1-2-23-15-6-7-16(18)12(8-15)10-20-21-17(22)11-24-14-5-3-4-13(19)9-14/h3-10H,2,11H2,1H3,(H,21,22)/b20-10+. The van der Waals surface area contributed by atoms with Gasteiger partial charge in [0, 0.05) is 15.1 Å². The second-order valence-corrected chi connectivity index (χ2v) is 5.95. The van der Waals surface area contributed by atoms with Crippen molar-refractivity contribution in [1.29, 1.82) is 0 Å². The van der Waals surface area contributed by atoms with E-state index < -0.39 is 0 Å². The molecule has 5 nitrogen and oxygen atoms in total. The molecule has 0 radical (unpaired) electrons. The first kappa shape index (κ1) is 18.3. The Morgan fingerprint density at radius 1 is 1.25 bits per heavy atom. The van der Waals surface area contributed by atoms with E-state index in [2.05, 4.69) is 26.5 Å². The molecule has 0 aromatic heterocycles. The number of nitrogens with one attached hydrogen (secondary N) is 1. The minimum Gasteiger partial charge on any atom is -0.494 e. The number of hydrazone groups is 1. The maximum absolute atomic E-state index is 11.7. The van der Waals surface area contributed by atoms with Crippen molar-refractivity contribution in [3.05, 3.63) is 57.5 Å². The van der Waals surface area contributed by atoms with E-state index in [1.54, 1.807) is 24.3 Å². The zero-order chi connectivity index (χ0) is 17.4. The van der Waals surface area contributed by atoms with E-state index in [9.17, 15) is 4.79 Å². The summed E-state index contributed by atoms with van der Waals surface area (Å²) < 4.78 is 11.6. The van der Waals surface area contributed by atoms with Crippen molar-refractivity contribution in [2.75, 3.05) is 13.2 Å². The summed E-state index contributed by atoms with van der Waals surface area (Å²) in [6, 6.07) is 12.4. The largest absolute Gasteiger partial charge is 0.494 e. The van der Waals surface area contributed by atoms with Crippen molar-refractivity contribution in [2.24, 2.45) is 5.10 Å². The van der Waals surface area contributed by atoms with Gasteiger partial charge in [-0.3, -0.25) is 4.79 Å². The first-order chi connectivity index (χ1) is 11.6. The lowest BCUT2D eigenvalue weighted by atomic mass is 10.2. The molecule has 126 valence electrons. The molecule has 0 saturated heterocycles. The normalized spacial score (nSPS) is 10.6. The molecular weight excluding hydrogens is 396 g/mol. The first-order valence-electron chi connectivity index (χ1n) is 7.21. The van der Waals surface area contributed by atoms with Crippen LogP contribution in [0.2, 0.25) is 5.02 Å². The van der Waals surface area contributed by atoms with E-state index in [0.717, 1.165) is 15.8 Å². The topological polar surface area (TPSA) is 59.9 Å². The van der Waals surface area contributed by atoms with E-state index in [4.69, 9.17) is 21.1 Å². The van der Waals surface area contributed by atoms with E-state index >= 15 is 0 Å². The monoisotopic (exact) mass is 410 g/mol. The molecule has 0 saturated carbocycles. The quantitative estimate of drug-likeness (QED) is 0.553. The van der Waals surface area contributed by atoms with Gasteiger partial charge < -0.3 is 9.47 Å². The summed E-state index contributed by atoms with van der Waals surface area (Å²) in [4.78, 5) is 11.7. The molecule has 2 aromatic rings. The smallest absolute Gasteiger partial charge is 0.277 e. The Balaban J connectivity index is 1.87. The van der Waals surface area contributed by atoms with Gasteiger partial charge in [-0.25, -0.2) is 5.43 Å². The molecule has 2 aromatic carbocycles. The van der Waals surface area contributed by atoms with Crippen LogP contribution in [-0.4, -0.2) is 25.3 Å². The summed E-state index contributed by atoms with van der Waals surface area (Å²) >= 11 is 9.26. The van der Waals surface area contributed by atoms with Gasteiger partial charge in [0.15, 0.2) is 6.61 Å². The Hall–Kier alpha value is -2.05. The van der Waals surface area contributed by atoms with Crippen LogP contribution < -0.4 is 14.9 Å². The summed E-state index contributed by atoms with van der Waals surface area (Å²) in [6.07, 6.45) is 1.53. The van der Waals surface area contributed by atoms with E-state index in [0.29, 0.717) is 17.4 Å². The van der Waals surface area contributed by atoms with Crippen molar-refractivity contribution in [3.8, 4) is 11.5 Å². The van der Waals surface area contributed by atoms with Gasteiger partial charge in [-0.2, -0.15) is 5.10 Å². The van der Waals surface area contributed by atoms with Gasteiger partial charge in [0.2, 0.25) is 0 Å². The van der Waals surface area contributed by atoms with Gasteiger partial charge in [0.05, 0.1) is 12.8 Å². The second kappa shape index (κ2) is 9.30. The Bertz CT molecular complexity index is 738. The predicted molar refractivity (Wildman–Crippen MR) is 98.0 cm³/mol. The zero-order valence-corrected chi connectivity index (χ0v) is 15.3. The average Bonchev–Trinajstić information content (AvgIpc) is 2.56. The lowest BCUT2D eigenvalue weighted by Crippen LogP contribution is -2.24. The molecule has 24 heavy (non-hydrogen) atoms. The Labute approximate surface area is 153 Å². The van der Waals surface area contributed by atoms with Crippen LogP contribution in [0.4, 0.5) is 0 Å². The van der Waals surface area contributed by atoms with Crippen LogP contribution in [0.1, 0.15) is 12.5 Å². The van der Waals surface area contributed by atoms with Crippen LogP contribution in [0.5, 0.6) is 11.5 Å². The maximum Gasteiger partial charge on any atom is 0.277 e. The Morgan fingerprint density at radius 3 is 2.79 bits per heavy atom. The van der Waals surface area contributed by atoms with Crippen LogP contribution in [-0.2, 0) is 4.79 Å². The summed E-state index contributed by atoms with van der Waals surface area (Å²) in [5.41, 5.74) is 3.19. The maximum atomic E-state index is 11.7. The molecule has 0 unspecified atom stereocenters. The molecule has 0 aliphatic rings. The first-order valence-corrected chi connectivity index (χ1v) is 8.38. The fourth-order valence-electron chi connectivity index (χ4n) is 1.79. The fraction of sp³-hybridized carbons (Fsp3) is 0.176. The van der Waals surface area contributed by atoms with Crippen molar-refractivity contribution in [2.45, 2.75) is 6.92 Å². The van der Waals surface area contributed by atoms with Gasteiger partial charge >= 0.3 is 0 Å². The molecule has 0 heterocycles. The molecule has 7 heteroatoms. The summed E-state index contributed by atoms with van der Waals surface area (Å²) in [6.45, 7) is 2.34. The molecule has 0 aliphatic carbocycles. The number of benzene rings is 2. The molecule has 1 amide bonds. The predicted octanol–water partition coefficient (Wildman–Crippen LogP) is 4.03. The number of nitrogens with zero attached hydrogens (tertiary/aromatic N) is 1. The SMILES string of the molecule is CCOc1ccc(Br)c(/C=N/NC(=O)COc2cccc(Cl)c2)c1. The van der Waals surface area contributed by atoms with Crippen LogP contribution in [0.3, 0.4) is 0 Å². The van der Waals surface area contributed by atoms with Gasteiger partial charge in [-0.15, -0.1) is 0 Å².